The average molecular weight is 251 g/mol. The van der Waals surface area contributed by atoms with E-state index in [-0.39, 0.29) is 5.82 Å². The minimum Gasteiger partial charge on any atom is -0.399 e. The third kappa shape index (κ3) is 1.95. The van der Waals surface area contributed by atoms with E-state index in [9.17, 15) is 4.39 Å². The molecule has 2 N–H and O–H groups in total. The van der Waals surface area contributed by atoms with Crippen molar-refractivity contribution in [3.05, 3.63) is 66.0 Å². The van der Waals surface area contributed by atoms with Gasteiger partial charge in [-0.15, -0.1) is 0 Å². The summed E-state index contributed by atoms with van der Waals surface area (Å²) in [5, 5.41) is 1.57. The highest BCUT2D eigenvalue weighted by Crippen LogP contribution is 2.31. The van der Waals surface area contributed by atoms with Gasteiger partial charge in [-0.1, -0.05) is 36.4 Å². The summed E-state index contributed by atoms with van der Waals surface area (Å²) >= 11 is 0. The fourth-order valence-corrected chi connectivity index (χ4v) is 2.36. The fourth-order valence-electron chi connectivity index (χ4n) is 2.36. The minimum absolute atomic E-state index is 0.188. The lowest BCUT2D eigenvalue weighted by Gasteiger charge is -2.09. The fraction of sp³-hybridized carbons (Fsp3) is 0.0588. The number of nitrogen functional groups attached to an aromatic ring is 1. The summed E-state index contributed by atoms with van der Waals surface area (Å²) in [5.41, 5.74) is 9.74. The molecule has 0 heterocycles. The second-order valence-corrected chi connectivity index (χ2v) is 4.71. The summed E-state index contributed by atoms with van der Waals surface area (Å²) in [6.07, 6.45) is 0. The Hall–Kier alpha value is -2.35. The maximum atomic E-state index is 13.8. The second kappa shape index (κ2) is 4.39. The first kappa shape index (κ1) is 11.7. The zero-order valence-electron chi connectivity index (χ0n) is 10.7. The molecule has 3 aromatic carbocycles. The number of hydrogen-bond acceptors (Lipinski definition) is 1. The Balaban J connectivity index is 2.31. The van der Waals surface area contributed by atoms with E-state index < -0.39 is 0 Å². The van der Waals surface area contributed by atoms with Gasteiger partial charge in [0.05, 0.1) is 0 Å². The maximum Gasteiger partial charge on any atom is 0.131 e. The van der Waals surface area contributed by atoms with Crippen molar-refractivity contribution in [2.45, 2.75) is 6.92 Å². The molecule has 0 bridgehead atoms. The molecule has 0 spiro atoms. The van der Waals surface area contributed by atoms with Crippen molar-refractivity contribution in [2.75, 3.05) is 5.73 Å². The lowest BCUT2D eigenvalue weighted by Crippen LogP contribution is -1.90. The van der Waals surface area contributed by atoms with Crippen molar-refractivity contribution >= 4 is 16.5 Å². The third-order valence-electron chi connectivity index (χ3n) is 3.45. The van der Waals surface area contributed by atoms with Gasteiger partial charge in [0, 0.05) is 11.1 Å². The lowest BCUT2D eigenvalue weighted by atomic mass is 9.96. The van der Waals surface area contributed by atoms with E-state index in [1.807, 2.05) is 49.4 Å². The Kier molecular flexibility index (Phi) is 2.71. The van der Waals surface area contributed by atoms with Crippen LogP contribution in [0.3, 0.4) is 0 Å². The summed E-state index contributed by atoms with van der Waals surface area (Å²) < 4.78 is 13.8. The van der Waals surface area contributed by atoms with Gasteiger partial charge in [0.25, 0.3) is 0 Å². The van der Waals surface area contributed by atoms with Crippen LogP contribution in [0, 0.1) is 12.7 Å². The van der Waals surface area contributed by atoms with Crippen LogP contribution in [0.1, 0.15) is 5.56 Å². The SMILES string of the molecule is Cc1cc(-c2ccc(F)c3ccccc23)ccc1N. The molecule has 0 fully saturated rings. The van der Waals surface area contributed by atoms with Crippen LogP contribution in [-0.2, 0) is 0 Å². The largest absolute Gasteiger partial charge is 0.399 e. The van der Waals surface area contributed by atoms with Crippen molar-refractivity contribution in [1.29, 1.82) is 0 Å². The van der Waals surface area contributed by atoms with Crippen LogP contribution in [0.25, 0.3) is 21.9 Å². The first-order chi connectivity index (χ1) is 9.16. The number of benzene rings is 3. The highest BCUT2D eigenvalue weighted by molar-refractivity contribution is 5.97. The Morgan fingerprint density at radius 1 is 0.895 bits per heavy atom. The number of rotatable bonds is 1. The van der Waals surface area contributed by atoms with Gasteiger partial charge in [-0.25, -0.2) is 4.39 Å². The Morgan fingerprint density at radius 2 is 1.63 bits per heavy atom. The molecule has 0 saturated carbocycles. The van der Waals surface area contributed by atoms with E-state index in [1.165, 1.54) is 6.07 Å². The monoisotopic (exact) mass is 251 g/mol. The molecule has 3 rings (SSSR count). The molecule has 0 atom stereocenters. The molecule has 1 nitrogen and oxygen atoms in total. The first-order valence-electron chi connectivity index (χ1n) is 6.20. The van der Waals surface area contributed by atoms with Crippen LogP contribution in [0.5, 0.6) is 0 Å². The lowest BCUT2D eigenvalue weighted by molar-refractivity contribution is 0.640. The quantitative estimate of drug-likeness (QED) is 0.631. The van der Waals surface area contributed by atoms with E-state index in [0.717, 1.165) is 27.8 Å². The first-order valence-corrected chi connectivity index (χ1v) is 6.20. The third-order valence-corrected chi connectivity index (χ3v) is 3.45. The predicted molar refractivity (Wildman–Crippen MR) is 78.5 cm³/mol. The number of hydrogen-bond donors (Lipinski definition) is 1. The molecule has 94 valence electrons. The van der Waals surface area contributed by atoms with E-state index in [1.54, 1.807) is 6.07 Å². The molecule has 2 heteroatoms. The summed E-state index contributed by atoms with van der Waals surface area (Å²) in [6.45, 7) is 1.98. The van der Waals surface area contributed by atoms with Crippen LogP contribution in [-0.4, -0.2) is 0 Å². The van der Waals surface area contributed by atoms with Crippen molar-refractivity contribution in [3.8, 4) is 11.1 Å². The number of nitrogens with two attached hydrogens (primary N) is 1. The van der Waals surface area contributed by atoms with Gasteiger partial charge in [0.1, 0.15) is 5.82 Å². The van der Waals surface area contributed by atoms with Crippen LogP contribution in [0.15, 0.2) is 54.6 Å². The number of fused-ring (bicyclic) bond motifs is 1. The highest BCUT2D eigenvalue weighted by Gasteiger charge is 2.07. The van der Waals surface area contributed by atoms with Gasteiger partial charge in [-0.05, 0) is 47.2 Å². The zero-order chi connectivity index (χ0) is 13.4. The Labute approximate surface area is 111 Å². The molecule has 0 saturated heterocycles. The van der Waals surface area contributed by atoms with Crippen molar-refractivity contribution in [1.82, 2.24) is 0 Å². The molecule has 19 heavy (non-hydrogen) atoms. The topological polar surface area (TPSA) is 26.0 Å². The van der Waals surface area contributed by atoms with Gasteiger partial charge >= 0.3 is 0 Å². The van der Waals surface area contributed by atoms with Crippen LogP contribution < -0.4 is 5.73 Å². The molecular formula is C17H14FN. The van der Waals surface area contributed by atoms with Crippen molar-refractivity contribution < 1.29 is 4.39 Å². The zero-order valence-corrected chi connectivity index (χ0v) is 10.7. The molecule has 0 aliphatic carbocycles. The molecule has 0 radical (unpaired) electrons. The standard InChI is InChI=1S/C17H14FN/c1-11-10-12(6-9-17(11)19)13-7-8-16(18)15-5-3-2-4-14(13)15/h2-10H,19H2,1H3. The molecule has 3 aromatic rings. The minimum atomic E-state index is -0.188. The number of halogens is 1. The Bertz CT molecular complexity index is 762. The van der Waals surface area contributed by atoms with Crippen molar-refractivity contribution in [3.63, 3.8) is 0 Å². The molecular weight excluding hydrogens is 237 g/mol. The second-order valence-electron chi connectivity index (χ2n) is 4.71. The van der Waals surface area contributed by atoms with Crippen molar-refractivity contribution in [2.24, 2.45) is 0 Å². The molecule has 0 unspecified atom stereocenters. The predicted octanol–water partition coefficient (Wildman–Crippen LogP) is 4.54. The number of aryl methyl sites for hydroxylation is 1. The van der Waals surface area contributed by atoms with Gasteiger partial charge in [0.15, 0.2) is 0 Å². The smallest absolute Gasteiger partial charge is 0.131 e. The molecule has 0 amide bonds. The van der Waals surface area contributed by atoms with Gasteiger partial charge in [-0.3, -0.25) is 0 Å². The van der Waals surface area contributed by atoms with Gasteiger partial charge < -0.3 is 5.73 Å². The summed E-state index contributed by atoms with van der Waals surface area (Å²) in [7, 11) is 0. The van der Waals surface area contributed by atoms with E-state index >= 15 is 0 Å². The number of anilines is 1. The maximum absolute atomic E-state index is 13.8. The average Bonchev–Trinajstić information content (AvgIpc) is 2.43. The molecule has 0 aliphatic heterocycles. The van der Waals surface area contributed by atoms with Gasteiger partial charge in [0.2, 0.25) is 0 Å². The molecule has 0 aliphatic rings. The van der Waals surface area contributed by atoms with Crippen LogP contribution in [0.2, 0.25) is 0 Å². The Morgan fingerprint density at radius 3 is 2.37 bits per heavy atom. The van der Waals surface area contributed by atoms with E-state index in [2.05, 4.69) is 0 Å². The van der Waals surface area contributed by atoms with E-state index in [0.29, 0.717) is 5.39 Å². The summed E-state index contributed by atoms with van der Waals surface area (Å²) in [4.78, 5) is 0. The summed E-state index contributed by atoms with van der Waals surface area (Å²) in [5.74, 6) is -0.188. The normalized spacial score (nSPS) is 10.8. The van der Waals surface area contributed by atoms with Crippen LogP contribution >= 0.6 is 0 Å². The van der Waals surface area contributed by atoms with Crippen LogP contribution in [0.4, 0.5) is 10.1 Å². The summed E-state index contributed by atoms with van der Waals surface area (Å²) in [6, 6.07) is 16.8. The van der Waals surface area contributed by atoms with E-state index in [4.69, 9.17) is 5.73 Å². The highest BCUT2D eigenvalue weighted by atomic mass is 19.1. The van der Waals surface area contributed by atoms with Gasteiger partial charge in [-0.2, -0.15) is 0 Å². The molecule has 0 aromatic heterocycles.